The molecule has 0 aromatic heterocycles. The molecule has 0 saturated heterocycles. The van der Waals surface area contributed by atoms with Crippen LogP contribution in [0.1, 0.15) is 25.7 Å². The lowest BCUT2D eigenvalue weighted by Gasteiger charge is -2.39. The molecule has 2 N–H and O–H groups in total. The number of alkyl halides is 26. The van der Waals surface area contributed by atoms with Crippen molar-refractivity contribution < 1.29 is 124 Å². The monoisotopic (exact) mass is 808 g/mol. The predicted molar refractivity (Wildman–Crippen MR) is 106 cm³/mol. The van der Waals surface area contributed by atoms with Gasteiger partial charge in [0.1, 0.15) is 0 Å². The number of rotatable bonds is 17. The minimum Gasteiger partial charge on any atom is -0.351 e. The number of hydrogen-bond donors (Lipinski definition) is 2. The summed E-state index contributed by atoms with van der Waals surface area (Å²) in [6.45, 7) is -2.82. The molecule has 0 fully saturated rings. The van der Waals surface area contributed by atoms with Crippen molar-refractivity contribution >= 4 is 11.8 Å². The molecule has 2 amide bonds. The van der Waals surface area contributed by atoms with Gasteiger partial charge in [-0.1, -0.05) is 12.8 Å². The number of amides is 2. The largest absolute Gasteiger partial charge is 0.460 e. The van der Waals surface area contributed by atoms with Crippen molar-refractivity contribution in [2.45, 2.75) is 97.3 Å². The standard InChI is InChI=1S/C20H14F26N2O2/c21-9(22,11(25,26)13(29,30)15(33,34)17(37,38)19(41,42)43)7(49)47-5-3-1-2-4-6-48-8(50)10(23,24)12(27,28)14(31,32)16(35,36)18(39,40)20(44,45)46/h1-6H2,(H,47,49)(H,48,50). The number of halogens is 26. The SMILES string of the molecule is O=C(NCCCCCCNC(=O)C(F)(F)C(F)(F)C(F)(F)C(F)(F)C(F)(F)C(F)(F)F)C(F)(F)C(F)(F)C(F)(F)C(F)(F)C(F)(F)C(F)(F)F. The first kappa shape index (κ1) is 47.1. The molecule has 0 radical (unpaired) electrons. The summed E-state index contributed by atoms with van der Waals surface area (Å²) in [6, 6.07) is 0. The molecule has 0 bridgehead atoms. The molecule has 0 atom stereocenters. The number of nitrogens with one attached hydrogen (secondary N) is 2. The van der Waals surface area contributed by atoms with Crippen LogP contribution in [-0.4, -0.2) is 96.5 Å². The zero-order valence-electron chi connectivity index (χ0n) is 22.9. The third kappa shape index (κ3) is 7.24. The number of hydrogen-bond acceptors (Lipinski definition) is 2. The van der Waals surface area contributed by atoms with Crippen LogP contribution >= 0.6 is 0 Å². The molecule has 4 nitrogen and oxygen atoms in total. The second-order valence-electron chi connectivity index (χ2n) is 9.67. The Morgan fingerprint density at radius 1 is 0.300 bits per heavy atom. The van der Waals surface area contributed by atoms with E-state index in [0.29, 0.717) is 10.6 Å². The molecule has 0 aromatic carbocycles. The first-order valence-electron chi connectivity index (χ1n) is 12.0. The quantitative estimate of drug-likeness (QED) is 0.115. The highest BCUT2D eigenvalue weighted by molar-refractivity contribution is 5.85. The van der Waals surface area contributed by atoms with Crippen molar-refractivity contribution in [1.82, 2.24) is 10.6 Å². The summed E-state index contributed by atoms with van der Waals surface area (Å²) in [6.07, 6.45) is -18.4. The third-order valence-corrected chi connectivity index (χ3v) is 6.11. The Kier molecular flexibility index (Phi) is 12.8. The van der Waals surface area contributed by atoms with E-state index in [1.54, 1.807) is 0 Å². The molecule has 0 spiro atoms. The lowest BCUT2D eigenvalue weighted by molar-refractivity contribution is -0.436. The fourth-order valence-corrected chi connectivity index (χ4v) is 3.05. The van der Waals surface area contributed by atoms with Gasteiger partial charge in [0.15, 0.2) is 0 Å². The summed E-state index contributed by atoms with van der Waals surface area (Å²) >= 11 is 0. The third-order valence-electron chi connectivity index (χ3n) is 6.11. The zero-order valence-corrected chi connectivity index (χ0v) is 22.9. The second-order valence-corrected chi connectivity index (χ2v) is 9.67. The minimum atomic E-state index is -8.30. The van der Waals surface area contributed by atoms with Gasteiger partial charge in [-0.2, -0.15) is 114 Å². The van der Waals surface area contributed by atoms with Crippen LogP contribution in [0.15, 0.2) is 0 Å². The van der Waals surface area contributed by atoms with Crippen LogP contribution in [0.2, 0.25) is 0 Å². The van der Waals surface area contributed by atoms with E-state index >= 15 is 0 Å². The van der Waals surface area contributed by atoms with E-state index in [9.17, 15) is 124 Å². The first-order chi connectivity index (χ1) is 21.5. The van der Waals surface area contributed by atoms with E-state index in [-0.39, 0.29) is 0 Å². The van der Waals surface area contributed by atoms with Crippen LogP contribution in [0.3, 0.4) is 0 Å². The second kappa shape index (κ2) is 13.6. The molecule has 0 heterocycles. The Morgan fingerprint density at radius 2 is 0.500 bits per heavy atom. The van der Waals surface area contributed by atoms with Gasteiger partial charge in [-0.3, -0.25) is 9.59 Å². The molecule has 0 rings (SSSR count). The normalized spacial score (nSPS) is 15.6. The Hall–Kier alpha value is -2.88. The van der Waals surface area contributed by atoms with Crippen molar-refractivity contribution in [2.75, 3.05) is 13.1 Å². The van der Waals surface area contributed by atoms with Crippen LogP contribution in [0.25, 0.3) is 0 Å². The van der Waals surface area contributed by atoms with Gasteiger partial charge < -0.3 is 10.6 Å². The van der Waals surface area contributed by atoms with Gasteiger partial charge in [-0.05, 0) is 12.8 Å². The maximum absolute atomic E-state index is 13.7. The van der Waals surface area contributed by atoms with E-state index < -0.39 is 122 Å². The van der Waals surface area contributed by atoms with Gasteiger partial charge in [0.05, 0.1) is 0 Å². The van der Waals surface area contributed by atoms with Crippen molar-refractivity contribution in [3.8, 4) is 0 Å². The van der Waals surface area contributed by atoms with Crippen molar-refractivity contribution in [1.29, 1.82) is 0 Å². The Labute approximate surface area is 257 Å². The molecule has 30 heteroatoms. The summed E-state index contributed by atoms with van der Waals surface area (Å²) in [5.41, 5.74) is 0. The fourth-order valence-electron chi connectivity index (χ4n) is 3.05. The Morgan fingerprint density at radius 3 is 0.700 bits per heavy atom. The van der Waals surface area contributed by atoms with Gasteiger partial charge in [-0.15, -0.1) is 0 Å². The summed E-state index contributed by atoms with van der Waals surface area (Å²) in [4.78, 5) is 22.5. The van der Waals surface area contributed by atoms with E-state index in [2.05, 4.69) is 0 Å². The van der Waals surface area contributed by atoms with Crippen LogP contribution in [0.4, 0.5) is 114 Å². The number of carbonyl (C=O) groups excluding carboxylic acids is 2. The first-order valence-corrected chi connectivity index (χ1v) is 12.0. The lowest BCUT2D eigenvalue weighted by atomic mass is 9.93. The maximum Gasteiger partial charge on any atom is 0.460 e. The molecule has 298 valence electrons. The molecular weight excluding hydrogens is 794 g/mol. The van der Waals surface area contributed by atoms with Crippen LogP contribution in [0, 0.1) is 0 Å². The molecule has 0 saturated carbocycles. The van der Waals surface area contributed by atoms with E-state index in [1.165, 1.54) is 0 Å². The highest BCUT2D eigenvalue weighted by Gasteiger charge is 2.93. The van der Waals surface area contributed by atoms with Crippen molar-refractivity contribution in [3.05, 3.63) is 0 Å². The van der Waals surface area contributed by atoms with Crippen LogP contribution in [0.5, 0.6) is 0 Å². The minimum absolute atomic E-state index is 0.645. The highest BCUT2D eigenvalue weighted by Crippen LogP contribution is 2.61. The van der Waals surface area contributed by atoms with E-state index in [0.717, 1.165) is 0 Å². The highest BCUT2D eigenvalue weighted by atomic mass is 19.4. The summed E-state index contributed by atoms with van der Waals surface area (Å²) in [5.74, 6) is -86.8. The Balaban J connectivity index is 5.32. The van der Waals surface area contributed by atoms with Crippen LogP contribution < -0.4 is 10.6 Å². The average molecular weight is 808 g/mol. The fraction of sp³-hybridized carbons (Fsp3) is 0.900. The van der Waals surface area contributed by atoms with Gasteiger partial charge >= 0.3 is 71.6 Å². The zero-order chi connectivity index (χ0) is 40.8. The number of carbonyl (C=O) groups is 2. The molecule has 0 aliphatic rings. The number of unbranched alkanes of at least 4 members (excludes halogenated alkanes) is 3. The molecule has 0 unspecified atom stereocenters. The van der Waals surface area contributed by atoms with Gasteiger partial charge in [0.25, 0.3) is 11.8 Å². The van der Waals surface area contributed by atoms with E-state index in [1.807, 2.05) is 0 Å². The summed E-state index contributed by atoms with van der Waals surface area (Å²) < 4.78 is 339. The smallest absolute Gasteiger partial charge is 0.351 e. The lowest BCUT2D eigenvalue weighted by Crippen LogP contribution is -2.72. The van der Waals surface area contributed by atoms with Gasteiger partial charge in [0.2, 0.25) is 0 Å². The summed E-state index contributed by atoms with van der Waals surface area (Å²) in [5, 5.41) is 1.30. The Bertz CT molecular complexity index is 1110. The van der Waals surface area contributed by atoms with Crippen LogP contribution in [-0.2, 0) is 9.59 Å². The topological polar surface area (TPSA) is 58.2 Å². The van der Waals surface area contributed by atoms with Crippen molar-refractivity contribution in [3.63, 3.8) is 0 Å². The molecule has 50 heavy (non-hydrogen) atoms. The van der Waals surface area contributed by atoms with Gasteiger partial charge in [0, 0.05) is 13.1 Å². The van der Waals surface area contributed by atoms with E-state index in [4.69, 9.17) is 0 Å². The maximum atomic E-state index is 13.7. The van der Waals surface area contributed by atoms with Crippen molar-refractivity contribution in [2.24, 2.45) is 0 Å². The molecule has 0 aliphatic carbocycles. The summed E-state index contributed by atoms with van der Waals surface area (Å²) in [7, 11) is 0. The molecule has 0 aliphatic heterocycles. The molecule has 0 aromatic rings. The van der Waals surface area contributed by atoms with Gasteiger partial charge in [-0.25, -0.2) is 0 Å². The molecular formula is C20H14F26N2O2. The predicted octanol–water partition coefficient (Wildman–Crippen LogP) is 8.26. The average Bonchev–Trinajstić information content (AvgIpc) is 2.91.